The number of rotatable bonds is 5. The summed E-state index contributed by atoms with van der Waals surface area (Å²) in [4.78, 5) is 4.88. The molecule has 0 unspecified atom stereocenters. The normalized spacial score (nSPS) is 11.6. The molecule has 0 saturated heterocycles. The molecule has 32 heavy (non-hydrogen) atoms. The maximum Gasteiger partial charge on any atom is 0.482 e. The zero-order chi connectivity index (χ0) is 23.4. The standard InChI is InChI=1S/C25H26N2O2.BH2O2/c1-24(2,28)25(3,4)29-20-16-14-18(15-17-20)23-26-21-12-8-9-13-22(21)27(23)19-10-6-5-7-11-19;2-1-3/h5-17,28H,1-4H3;2-3H. The monoisotopic (exact) mass is 431 g/mol. The van der Waals surface area contributed by atoms with Crippen LogP contribution >= 0.6 is 0 Å². The molecular formula is C25H28BN2O4. The highest BCUT2D eigenvalue weighted by Gasteiger charge is 2.37. The predicted octanol–water partition coefficient (Wildman–Crippen LogP) is 4.13. The Balaban J connectivity index is 0.000000913. The predicted molar refractivity (Wildman–Crippen MR) is 128 cm³/mol. The van der Waals surface area contributed by atoms with Gasteiger partial charge in [0, 0.05) is 11.3 Å². The number of ether oxygens (including phenoxy) is 1. The van der Waals surface area contributed by atoms with E-state index in [0.29, 0.717) is 5.75 Å². The molecule has 0 aliphatic rings. The fourth-order valence-electron chi connectivity index (χ4n) is 3.15. The number of hydrogen-bond donors (Lipinski definition) is 3. The van der Waals surface area contributed by atoms with Gasteiger partial charge in [-0.1, -0.05) is 30.3 Å². The van der Waals surface area contributed by atoms with E-state index in [9.17, 15) is 5.11 Å². The largest absolute Gasteiger partial charge is 0.485 e. The zero-order valence-corrected chi connectivity index (χ0v) is 18.7. The van der Waals surface area contributed by atoms with Crippen LogP contribution in [0.1, 0.15) is 27.7 Å². The van der Waals surface area contributed by atoms with Gasteiger partial charge in [-0.2, -0.15) is 0 Å². The van der Waals surface area contributed by atoms with Crippen LogP contribution in [0.4, 0.5) is 0 Å². The third-order valence-corrected chi connectivity index (χ3v) is 5.53. The van der Waals surface area contributed by atoms with Crippen LogP contribution in [-0.2, 0) is 0 Å². The number of imidazole rings is 1. The lowest BCUT2D eigenvalue weighted by atomic mass is 9.89. The minimum atomic E-state index is -0.965. The molecule has 165 valence electrons. The van der Waals surface area contributed by atoms with Crippen molar-refractivity contribution in [2.45, 2.75) is 38.9 Å². The van der Waals surface area contributed by atoms with E-state index in [4.69, 9.17) is 19.8 Å². The lowest BCUT2D eigenvalue weighted by molar-refractivity contribution is -0.0906. The molecule has 1 radical (unpaired) electrons. The third kappa shape index (κ3) is 5.02. The maximum absolute atomic E-state index is 10.3. The van der Waals surface area contributed by atoms with Crippen LogP contribution in [0.5, 0.6) is 5.75 Å². The van der Waals surface area contributed by atoms with E-state index in [1.807, 2.05) is 74.5 Å². The second-order valence-corrected chi connectivity index (χ2v) is 8.41. The van der Waals surface area contributed by atoms with Gasteiger partial charge in [0.15, 0.2) is 0 Å². The lowest BCUT2D eigenvalue weighted by Gasteiger charge is -2.37. The van der Waals surface area contributed by atoms with Crippen LogP contribution in [0.15, 0.2) is 78.9 Å². The minimum Gasteiger partial charge on any atom is -0.485 e. The molecule has 0 spiro atoms. The minimum absolute atomic E-state index is 0. The quantitative estimate of drug-likeness (QED) is 0.414. The van der Waals surface area contributed by atoms with Crippen LogP contribution in [0.25, 0.3) is 28.1 Å². The van der Waals surface area contributed by atoms with Gasteiger partial charge in [-0.05, 0) is 76.2 Å². The van der Waals surface area contributed by atoms with Gasteiger partial charge in [-0.15, -0.1) is 0 Å². The molecule has 4 aromatic rings. The summed E-state index contributed by atoms with van der Waals surface area (Å²) in [6.07, 6.45) is 0. The van der Waals surface area contributed by atoms with Crippen LogP contribution in [0.3, 0.4) is 0 Å². The highest BCUT2D eigenvalue weighted by Crippen LogP contribution is 2.32. The third-order valence-electron chi connectivity index (χ3n) is 5.53. The molecule has 0 atom stereocenters. The first kappa shape index (κ1) is 23.5. The molecule has 0 aliphatic carbocycles. The smallest absolute Gasteiger partial charge is 0.482 e. The molecule has 1 aromatic heterocycles. The van der Waals surface area contributed by atoms with E-state index in [1.54, 1.807) is 13.8 Å². The molecule has 1 heterocycles. The topological polar surface area (TPSA) is 87.7 Å². The van der Waals surface area contributed by atoms with Crippen molar-refractivity contribution in [2.24, 2.45) is 0 Å². The Bertz CT molecular complexity index is 1150. The van der Waals surface area contributed by atoms with E-state index in [2.05, 4.69) is 22.8 Å². The number of aliphatic hydroxyl groups is 1. The Morgan fingerprint density at radius 3 is 1.97 bits per heavy atom. The second kappa shape index (κ2) is 9.57. The average molecular weight is 431 g/mol. The molecule has 0 bridgehead atoms. The van der Waals surface area contributed by atoms with Gasteiger partial charge in [0.1, 0.15) is 17.2 Å². The van der Waals surface area contributed by atoms with Gasteiger partial charge >= 0.3 is 7.69 Å². The van der Waals surface area contributed by atoms with Crippen molar-refractivity contribution in [3.8, 4) is 22.8 Å². The highest BCUT2D eigenvalue weighted by molar-refractivity contribution is 6.13. The second-order valence-electron chi connectivity index (χ2n) is 8.41. The van der Waals surface area contributed by atoms with Crippen LogP contribution in [-0.4, -0.2) is 43.6 Å². The lowest BCUT2D eigenvalue weighted by Crippen LogP contribution is -2.49. The Labute approximate surface area is 189 Å². The van der Waals surface area contributed by atoms with E-state index >= 15 is 0 Å². The van der Waals surface area contributed by atoms with Crippen molar-refractivity contribution in [1.29, 1.82) is 0 Å². The van der Waals surface area contributed by atoms with Crippen LogP contribution < -0.4 is 4.74 Å². The Kier molecular flexibility index (Phi) is 7.04. The van der Waals surface area contributed by atoms with Crippen LogP contribution in [0, 0.1) is 0 Å². The number of hydrogen-bond acceptors (Lipinski definition) is 5. The number of para-hydroxylation sites is 3. The first-order valence-corrected chi connectivity index (χ1v) is 10.3. The maximum atomic E-state index is 10.3. The molecule has 0 aliphatic heterocycles. The number of fused-ring (bicyclic) bond motifs is 1. The summed E-state index contributed by atoms with van der Waals surface area (Å²) in [6, 6.07) is 26.3. The van der Waals surface area contributed by atoms with Crippen LogP contribution in [0.2, 0.25) is 0 Å². The fraction of sp³-hybridized carbons (Fsp3) is 0.240. The van der Waals surface area contributed by atoms with E-state index in [0.717, 1.165) is 28.1 Å². The van der Waals surface area contributed by atoms with Gasteiger partial charge in [0.05, 0.1) is 16.6 Å². The Hall–Kier alpha value is -3.13. The highest BCUT2D eigenvalue weighted by atomic mass is 16.5. The molecule has 0 saturated carbocycles. The van der Waals surface area contributed by atoms with Crippen molar-refractivity contribution in [2.75, 3.05) is 0 Å². The molecule has 0 fully saturated rings. The summed E-state index contributed by atoms with van der Waals surface area (Å²) in [5, 5.41) is 24.3. The fourth-order valence-corrected chi connectivity index (χ4v) is 3.15. The number of benzene rings is 3. The van der Waals surface area contributed by atoms with Crippen molar-refractivity contribution in [3.05, 3.63) is 78.9 Å². The molecule has 3 N–H and O–H groups in total. The van der Waals surface area contributed by atoms with E-state index < -0.39 is 11.2 Å². The molecule has 3 aromatic carbocycles. The summed E-state index contributed by atoms with van der Waals surface area (Å²) < 4.78 is 8.23. The number of nitrogens with zero attached hydrogens (tertiary/aromatic N) is 2. The first-order valence-electron chi connectivity index (χ1n) is 10.3. The van der Waals surface area contributed by atoms with E-state index in [-0.39, 0.29) is 7.69 Å². The summed E-state index contributed by atoms with van der Waals surface area (Å²) >= 11 is 0. The summed E-state index contributed by atoms with van der Waals surface area (Å²) in [6.45, 7) is 7.28. The summed E-state index contributed by atoms with van der Waals surface area (Å²) in [7, 11) is 0. The molecule has 0 amide bonds. The summed E-state index contributed by atoms with van der Waals surface area (Å²) in [5.74, 6) is 1.59. The molecular weight excluding hydrogens is 403 g/mol. The zero-order valence-electron chi connectivity index (χ0n) is 18.7. The van der Waals surface area contributed by atoms with Crippen molar-refractivity contribution >= 4 is 18.7 Å². The molecule has 6 nitrogen and oxygen atoms in total. The van der Waals surface area contributed by atoms with Gasteiger partial charge in [-0.25, -0.2) is 4.98 Å². The SMILES string of the molecule is CC(C)(O)C(C)(C)Oc1ccc(-c2nc3ccccc3n2-c2ccccc2)cc1.O[B]O. The molecule has 7 heteroatoms. The van der Waals surface area contributed by atoms with Crippen molar-refractivity contribution < 1.29 is 19.9 Å². The van der Waals surface area contributed by atoms with Gasteiger partial charge in [0.2, 0.25) is 0 Å². The Morgan fingerprint density at radius 1 is 0.812 bits per heavy atom. The van der Waals surface area contributed by atoms with Gasteiger partial charge < -0.3 is 19.9 Å². The molecule has 4 rings (SSSR count). The van der Waals surface area contributed by atoms with Gasteiger partial charge in [0.25, 0.3) is 0 Å². The van der Waals surface area contributed by atoms with Crippen molar-refractivity contribution in [3.63, 3.8) is 0 Å². The summed E-state index contributed by atoms with van der Waals surface area (Å²) in [5.41, 5.74) is 2.41. The average Bonchev–Trinajstić information content (AvgIpc) is 3.14. The van der Waals surface area contributed by atoms with Crippen molar-refractivity contribution in [1.82, 2.24) is 9.55 Å². The van der Waals surface area contributed by atoms with Gasteiger partial charge in [-0.3, -0.25) is 4.57 Å². The van der Waals surface area contributed by atoms with E-state index in [1.165, 1.54) is 0 Å². The Morgan fingerprint density at radius 2 is 1.38 bits per heavy atom. The first-order chi connectivity index (χ1) is 15.2. The number of aromatic nitrogens is 2.